The fraction of sp³-hybridized carbons (Fsp3) is 0.222. The van der Waals surface area contributed by atoms with Crippen LogP contribution in [0.1, 0.15) is 5.56 Å². The summed E-state index contributed by atoms with van der Waals surface area (Å²) in [5.74, 6) is 0.523. The Morgan fingerprint density at radius 2 is 1.76 bits per heavy atom. The maximum absolute atomic E-state index is 10.0. The molecule has 0 fully saturated rings. The van der Waals surface area contributed by atoms with Crippen LogP contribution in [0, 0.1) is 0 Å². The maximum atomic E-state index is 10.0. The molecule has 0 amide bonds. The molecule has 0 aliphatic rings. The van der Waals surface area contributed by atoms with Gasteiger partial charge in [0.05, 0.1) is 19.3 Å². The summed E-state index contributed by atoms with van der Waals surface area (Å²) in [6, 6.07) is 19.8. The molecular formula is C18H19N3O2S2. The van der Waals surface area contributed by atoms with E-state index in [1.165, 1.54) is 23.1 Å². The molecule has 7 heteroatoms. The van der Waals surface area contributed by atoms with Gasteiger partial charge in [0.2, 0.25) is 5.13 Å². The molecule has 130 valence electrons. The van der Waals surface area contributed by atoms with Gasteiger partial charge < -0.3 is 15.2 Å². The lowest BCUT2D eigenvalue weighted by molar-refractivity contribution is 0.0398. The van der Waals surface area contributed by atoms with Crippen molar-refractivity contribution in [2.24, 2.45) is 0 Å². The van der Waals surface area contributed by atoms with Crippen molar-refractivity contribution in [3.63, 3.8) is 0 Å². The Hall–Kier alpha value is -1.93. The third kappa shape index (κ3) is 6.13. The van der Waals surface area contributed by atoms with Crippen molar-refractivity contribution in [1.29, 1.82) is 0 Å². The van der Waals surface area contributed by atoms with Crippen molar-refractivity contribution in [2.75, 3.05) is 17.7 Å². The molecule has 25 heavy (non-hydrogen) atoms. The summed E-state index contributed by atoms with van der Waals surface area (Å²) in [5.41, 5.74) is 2.08. The Labute approximate surface area is 155 Å². The van der Waals surface area contributed by atoms with E-state index in [0.717, 1.165) is 20.7 Å². The summed E-state index contributed by atoms with van der Waals surface area (Å²) in [6.45, 7) is 0.808. The van der Waals surface area contributed by atoms with Gasteiger partial charge in [0, 0.05) is 11.4 Å². The topological polar surface area (TPSA) is 67.3 Å². The number of para-hydroxylation sites is 1. The predicted molar refractivity (Wildman–Crippen MR) is 102 cm³/mol. The molecule has 0 radical (unpaired) electrons. The first-order valence-electron chi connectivity index (χ1n) is 7.88. The fourth-order valence-electron chi connectivity index (χ4n) is 2.07. The lowest BCUT2D eigenvalue weighted by Crippen LogP contribution is -2.17. The summed E-state index contributed by atoms with van der Waals surface area (Å²) >= 11 is 2.95. The third-order valence-corrected chi connectivity index (χ3v) is 5.37. The number of anilines is 2. The van der Waals surface area contributed by atoms with Crippen LogP contribution in [0.25, 0.3) is 0 Å². The molecule has 1 heterocycles. The molecular weight excluding hydrogens is 354 g/mol. The average Bonchev–Trinajstić information content (AvgIpc) is 3.09. The number of thioether (sulfide) groups is 1. The Morgan fingerprint density at radius 1 is 1.04 bits per heavy atom. The van der Waals surface area contributed by atoms with Crippen molar-refractivity contribution in [3.05, 3.63) is 66.2 Å². The minimum absolute atomic E-state index is 0.301. The van der Waals surface area contributed by atoms with Gasteiger partial charge >= 0.3 is 0 Å². The molecule has 1 unspecified atom stereocenters. The van der Waals surface area contributed by atoms with E-state index < -0.39 is 6.10 Å². The van der Waals surface area contributed by atoms with E-state index in [9.17, 15) is 5.11 Å². The van der Waals surface area contributed by atoms with Crippen LogP contribution < -0.4 is 5.32 Å². The van der Waals surface area contributed by atoms with Gasteiger partial charge in [0.15, 0.2) is 4.34 Å². The predicted octanol–water partition coefficient (Wildman–Crippen LogP) is 3.95. The molecule has 0 bridgehead atoms. The monoisotopic (exact) mass is 373 g/mol. The van der Waals surface area contributed by atoms with Crippen molar-refractivity contribution in [3.8, 4) is 0 Å². The van der Waals surface area contributed by atoms with Crippen LogP contribution in [-0.2, 0) is 11.3 Å². The van der Waals surface area contributed by atoms with Crippen molar-refractivity contribution >= 4 is 33.9 Å². The number of hydrogen-bond acceptors (Lipinski definition) is 7. The molecule has 0 aliphatic carbocycles. The van der Waals surface area contributed by atoms with Crippen LogP contribution >= 0.6 is 23.1 Å². The van der Waals surface area contributed by atoms with Gasteiger partial charge in [-0.25, -0.2) is 0 Å². The smallest absolute Gasteiger partial charge is 0.210 e. The minimum Gasteiger partial charge on any atom is -0.390 e. The Balaban J connectivity index is 1.38. The molecule has 3 rings (SSSR count). The minimum atomic E-state index is -0.539. The van der Waals surface area contributed by atoms with Crippen LogP contribution in [0.3, 0.4) is 0 Å². The van der Waals surface area contributed by atoms with Crippen molar-refractivity contribution < 1.29 is 9.84 Å². The molecule has 1 aromatic heterocycles. The highest BCUT2D eigenvalue weighted by Gasteiger charge is 2.10. The van der Waals surface area contributed by atoms with E-state index >= 15 is 0 Å². The van der Waals surface area contributed by atoms with Crippen LogP contribution in [0.4, 0.5) is 10.8 Å². The van der Waals surface area contributed by atoms with E-state index in [1.807, 2.05) is 60.7 Å². The van der Waals surface area contributed by atoms with Crippen molar-refractivity contribution in [1.82, 2.24) is 10.2 Å². The van der Waals surface area contributed by atoms with E-state index in [-0.39, 0.29) is 0 Å². The SMILES string of the molecule is OC(COCc1ccccc1)CSc1nnc(Nc2ccccc2)s1. The summed E-state index contributed by atoms with van der Waals surface area (Å²) in [6.07, 6.45) is -0.539. The zero-order valence-corrected chi connectivity index (χ0v) is 15.2. The van der Waals surface area contributed by atoms with E-state index in [2.05, 4.69) is 15.5 Å². The van der Waals surface area contributed by atoms with Crippen LogP contribution in [-0.4, -0.2) is 33.8 Å². The van der Waals surface area contributed by atoms with Gasteiger partial charge in [-0.1, -0.05) is 71.6 Å². The Bertz CT molecular complexity index is 753. The van der Waals surface area contributed by atoms with Gasteiger partial charge in [-0.05, 0) is 17.7 Å². The number of aliphatic hydroxyl groups excluding tert-OH is 1. The second-order valence-electron chi connectivity index (χ2n) is 5.33. The molecule has 2 aromatic carbocycles. The van der Waals surface area contributed by atoms with Gasteiger partial charge in [0.25, 0.3) is 0 Å². The quantitative estimate of drug-likeness (QED) is 0.554. The molecule has 0 saturated heterocycles. The number of ether oxygens (including phenoxy) is 1. The molecule has 2 N–H and O–H groups in total. The van der Waals surface area contributed by atoms with Gasteiger partial charge in [-0.15, -0.1) is 10.2 Å². The summed E-state index contributed by atoms with van der Waals surface area (Å²) in [4.78, 5) is 0. The maximum Gasteiger partial charge on any atom is 0.210 e. The third-order valence-electron chi connectivity index (χ3n) is 3.25. The molecule has 5 nitrogen and oxygen atoms in total. The second kappa shape index (κ2) is 9.53. The number of benzene rings is 2. The number of nitrogens with zero attached hydrogens (tertiary/aromatic N) is 2. The number of hydrogen-bond donors (Lipinski definition) is 2. The highest BCUT2D eigenvalue weighted by atomic mass is 32.2. The summed E-state index contributed by atoms with van der Waals surface area (Å²) < 4.78 is 6.37. The standard InChI is InChI=1S/C18H19N3O2S2/c22-16(12-23-11-14-7-3-1-4-8-14)13-24-18-21-20-17(25-18)19-15-9-5-2-6-10-15/h1-10,16,22H,11-13H2,(H,19,20). The highest BCUT2D eigenvalue weighted by Crippen LogP contribution is 2.28. The zero-order valence-electron chi connectivity index (χ0n) is 13.5. The van der Waals surface area contributed by atoms with Crippen LogP contribution in [0.15, 0.2) is 65.0 Å². The van der Waals surface area contributed by atoms with Gasteiger partial charge in [-0.3, -0.25) is 0 Å². The molecule has 0 saturated carbocycles. The number of nitrogens with one attached hydrogen (secondary N) is 1. The summed E-state index contributed by atoms with van der Waals surface area (Å²) in [5, 5.41) is 22.2. The molecule has 1 atom stereocenters. The largest absolute Gasteiger partial charge is 0.390 e. The lowest BCUT2D eigenvalue weighted by Gasteiger charge is -2.10. The van der Waals surface area contributed by atoms with Gasteiger partial charge in [-0.2, -0.15) is 0 Å². The fourth-order valence-corrected chi connectivity index (χ4v) is 3.77. The highest BCUT2D eigenvalue weighted by molar-refractivity contribution is 8.01. The normalized spacial score (nSPS) is 12.0. The molecule has 0 aliphatic heterocycles. The lowest BCUT2D eigenvalue weighted by atomic mass is 10.2. The van der Waals surface area contributed by atoms with Gasteiger partial charge in [0.1, 0.15) is 0 Å². The Morgan fingerprint density at radius 3 is 2.52 bits per heavy atom. The van der Waals surface area contributed by atoms with Crippen LogP contribution in [0.2, 0.25) is 0 Å². The summed E-state index contributed by atoms with van der Waals surface area (Å²) in [7, 11) is 0. The number of rotatable bonds is 9. The van der Waals surface area contributed by atoms with E-state index in [1.54, 1.807) is 0 Å². The average molecular weight is 374 g/mol. The number of aliphatic hydroxyl groups is 1. The number of aromatic nitrogens is 2. The first kappa shape index (κ1) is 17.9. The van der Waals surface area contributed by atoms with E-state index in [4.69, 9.17) is 4.74 Å². The van der Waals surface area contributed by atoms with Crippen LogP contribution in [0.5, 0.6) is 0 Å². The zero-order chi connectivity index (χ0) is 17.3. The molecule has 3 aromatic rings. The second-order valence-corrected chi connectivity index (χ2v) is 7.57. The molecule has 0 spiro atoms. The van der Waals surface area contributed by atoms with E-state index in [0.29, 0.717) is 19.0 Å². The first-order chi connectivity index (χ1) is 12.3. The van der Waals surface area contributed by atoms with Crippen molar-refractivity contribution in [2.45, 2.75) is 17.1 Å². The first-order valence-corrected chi connectivity index (χ1v) is 9.68. The Kier molecular flexibility index (Phi) is 6.81.